The summed E-state index contributed by atoms with van der Waals surface area (Å²) in [4.78, 5) is 15.4. The van der Waals surface area contributed by atoms with E-state index in [1.54, 1.807) is 6.92 Å². The van der Waals surface area contributed by atoms with Gasteiger partial charge in [0.15, 0.2) is 6.10 Å². The van der Waals surface area contributed by atoms with Gasteiger partial charge in [-0.05, 0) is 32.4 Å². The number of benzene rings is 1. The van der Waals surface area contributed by atoms with Gasteiger partial charge in [0.1, 0.15) is 0 Å². The smallest absolute Gasteiger partial charge is 0.408 e. The molecule has 132 valence electrons. The number of amides is 1. The Kier molecular flexibility index (Phi) is 4.48. The molecule has 7 heteroatoms. The van der Waals surface area contributed by atoms with Gasteiger partial charge in [-0.25, -0.2) is 4.79 Å². The van der Waals surface area contributed by atoms with Gasteiger partial charge in [-0.2, -0.15) is 0 Å². The van der Waals surface area contributed by atoms with Crippen molar-refractivity contribution in [1.82, 2.24) is 20.5 Å². The Balaban J connectivity index is 1.85. The average molecular weight is 342 g/mol. The minimum Gasteiger partial charge on any atom is -0.436 e. The summed E-state index contributed by atoms with van der Waals surface area (Å²) in [5.41, 5.74) is 1.64. The van der Waals surface area contributed by atoms with Crippen molar-refractivity contribution >= 4 is 17.0 Å². The van der Waals surface area contributed by atoms with Gasteiger partial charge in [-0.15, -0.1) is 10.2 Å². The lowest BCUT2D eigenvalue weighted by Gasteiger charge is -2.22. The van der Waals surface area contributed by atoms with Crippen molar-refractivity contribution in [3.63, 3.8) is 0 Å². The molecular formula is C18H22N4O3. The van der Waals surface area contributed by atoms with Crippen LogP contribution in [0.25, 0.3) is 10.9 Å². The molecule has 2 heterocycles. The zero-order chi connectivity index (χ0) is 18.0. The summed E-state index contributed by atoms with van der Waals surface area (Å²) >= 11 is 0. The number of rotatable bonds is 4. The quantitative estimate of drug-likeness (QED) is 0.754. The van der Waals surface area contributed by atoms with Crippen molar-refractivity contribution in [2.24, 2.45) is 0 Å². The molecule has 25 heavy (non-hydrogen) atoms. The molecule has 0 fully saturated rings. The van der Waals surface area contributed by atoms with Crippen LogP contribution < -0.4 is 5.32 Å². The summed E-state index contributed by atoms with van der Waals surface area (Å²) < 4.78 is 11.1. The average Bonchev–Trinajstić information content (AvgIpc) is 3.12. The summed E-state index contributed by atoms with van der Waals surface area (Å²) in [6.07, 6.45) is 1.16. The lowest BCUT2D eigenvalue weighted by atomic mass is 10.1. The van der Waals surface area contributed by atoms with Crippen molar-refractivity contribution in [2.75, 3.05) is 0 Å². The van der Waals surface area contributed by atoms with E-state index >= 15 is 0 Å². The fraction of sp³-hybridized carbons (Fsp3) is 0.389. The van der Waals surface area contributed by atoms with E-state index in [0.717, 1.165) is 16.5 Å². The van der Waals surface area contributed by atoms with Gasteiger partial charge in [0.25, 0.3) is 5.89 Å². The second-order valence-electron chi connectivity index (χ2n) is 6.99. The molecule has 0 bridgehead atoms. The third-order valence-electron chi connectivity index (χ3n) is 3.62. The second-order valence-corrected chi connectivity index (χ2v) is 6.99. The minimum atomic E-state index is -0.664. The van der Waals surface area contributed by atoms with Crippen molar-refractivity contribution in [3.05, 3.63) is 47.8 Å². The summed E-state index contributed by atoms with van der Waals surface area (Å²) in [6.45, 7) is 7.37. The molecule has 0 saturated carbocycles. The highest BCUT2D eigenvalue weighted by atomic mass is 16.6. The van der Waals surface area contributed by atoms with Crippen LogP contribution in [0.3, 0.4) is 0 Å². The first-order chi connectivity index (χ1) is 11.8. The van der Waals surface area contributed by atoms with Gasteiger partial charge in [0, 0.05) is 36.0 Å². The number of H-pyrrole nitrogens is 1. The third kappa shape index (κ3) is 4.17. The minimum absolute atomic E-state index is 0.284. The number of carbonyl (C=O) groups excluding carboxylic acids is 1. The van der Waals surface area contributed by atoms with E-state index in [2.05, 4.69) is 20.5 Å². The number of alkyl carbamates (subject to hydrolysis) is 1. The Bertz CT molecular complexity index is 876. The Morgan fingerprint density at radius 2 is 2.08 bits per heavy atom. The van der Waals surface area contributed by atoms with Gasteiger partial charge < -0.3 is 19.5 Å². The van der Waals surface area contributed by atoms with Crippen molar-refractivity contribution in [1.29, 1.82) is 0 Å². The van der Waals surface area contributed by atoms with Crippen LogP contribution in [-0.2, 0) is 11.2 Å². The molecule has 0 unspecified atom stereocenters. The van der Waals surface area contributed by atoms with Gasteiger partial charge in [-0.1, -0.05) is 18.2 Å². The number of ether oxygens (including phenoxy) is 1. The van der Waals surface area contributed by atoms with E-state index in [9.17, 15) is 4.79 Å². The maximum Gasteiger partial charge on any atom is 0.408 e. The number of nitrogens with one attached hydrogen (secondary N) is 2. The summed E-state index contributed by atoms with van der Waals surface area (Å²) in [7, 11) is 0. The monoisotopic (exact) mass is 342 g/mol. The van der Waals surface area contributed by atoms with Crippen LogP contribution in [0.2, 0.25) is 0 Å². The molecule has 1 aromatic carbocycles. The van der Waals surface area contributed by atoms with Gasteiger partial charge >= 0.3 is 6.09 Å². The SMILES string of the molecule is Cc1nnc([C@H](Cc2c[nH]c3ccccc23)OC(=O)NC(C)(C)C)o1. The number of hydrogen-bond acceptors (Lipinski definition) is 5. The van der Waals surface area contributed by atoms with Crippen LogP contribution in [0.5, 0.6) is 0 Å². The molecule has 3 aromatic rings. The van der Waals surface area contributed by atoms with Gasteiger partial charge in [-0.3, -0.25) is 0 Å². The number of aromatic amines is 1. The molecule has 3 rings (SSSR count). The first-order valence-corrected chi connectivity index (χ1v) is 8.15. The molecule has 0 aliphatic carbocycles. The highest BCUT2D eigenvalue weighted by molar-refractivity contribution is 5.83. The highest BCUT2D eigenvalue weighted by Crippen LogP contribution is 2.26. The number of nitrogens with zero attached hydrogens (tertiary/aromatic N) is 2. The molecule has 0 aliphatic rings. The number of aryl methyl sites for hydroxylation is 1. The van der Waals surface area contributed by atoms with Crippen LogP contribution in [-0.4, -0.2) is 26.8 Å². The van der Waals surface area contributed by atoms with E-state index in [1.165, 1.54) is 0 Å². The van der Waals surface area contributed by atoms with E-state index < -0.39 is 17.7 Å². The predicted octanol–water partition coefficient (Wildman–Crippen LogP) is 3.67. The Morgan fingerprint density at radius 1 is 1.32 bits per heavy atom. The zero-order valence-corrected chi connectivity index (χ0v) is 14.8. The second kappa shape index (κ2) is 6.58. The van der Waals surface area contributed by atoms with Crippen LogP contribution in [0, 0.1) is 6.92 Å². The Labute approximate surface area is 145 Å². The number of aromatic nitrogens is 3. The fourth-order valence-corrected chi connectivity index (χ4v) is 2.59. The molecule has 0 aliphatic heterocycles. The van der Waals surface area contributed by atoms with Crippen molar-refractivity contribution < 1.29 is 13.9 Å². The Morgan fingerprint density at radius 3 is 2.76 bits per heavy atom. The fourth-order valence-electron chi connectivity index (χ4n) is 2.59. The molecule has 2 aromatic heterocycles. The topological polar surface area (TPSA) is 93.0 Å². The van der Waals surface area contributed by atoms with Crippen LogP contribution >= 0.6 is 0 Å². The zero-order valence-electron chi connectivity index (χ0n) is 14.8. The number of para-hydroxylation sites is 1. The molecule has 7 nitrogen and oxygen atoms in total. The van der Waals surface area contributed by atoms with Crippen LogP contribution in [0.15, 0.2) is 34.9 Å². The van der Waals surface area contributed by atoms with Crippen molar-refractivity contribution in [2.45, 2.75) is 45.8 Å². The standard InChI is InChI=1S/C18H22N4O3/c1-11-21-22-16(24-11)15(25-17(23)20-18(2,3)4)9-12-10-19-14-8-6-5-7-13(12)14/h5-8,10,15,19H,9H2,1-4H3,(H,20,23)/t15-/m0/s1. The van der Waals surface area contributed by atoms with Gasteiger partial charge in [0.05, 0.1) is 0 Å². The summed E-state index contributed by atoms with van der Waals surface area (Å²) in [5, 5.41) is 11.7. The molecule has 0 spiro atoms. The number of carbonyl (C=O) groups is 1. The van der Waals surface area contributed by atoms with Crippen LogP contribution in [0.4, 0.5) is 4.79 Å². The lowest BCUT2D eigenvalue weighted by molar-refractivity contribution is 0.0755. The van der Waals surface area contributed by atoms with Crippen LogP contribution in [0.1, 0.15) is 44.2 Å². The molecule has 0 saturated heterocycles. The first kappa shape index (κ1) is 17.0. The molecule has 0 radical (unpaired) electrons. The maximum atomic E-state index is 12.2. The normalized spacial score (nSPS) is 13.0. The third-order valence-corrected chi connectivity index (χ3v) is 3.62. The van der Waals surface area contributed by atoms with E-state index in [1.807, 2.05) is 51.2 Å². The summed E-state index contributed by atoms with van der Waals surface area (Å²) in [6, 6.07) is 7.96. The maximum absolute atomic E-state index is 12.2. The Hall–Kier alpha value is -2.83. The molecule has 1 atom stereocenters. The first-order valence-electron chi connectivity index (χ1n) is 8.15. The molecule has 1 amide bonds. The van der Waals surface area contributed by atoms with E-state index in [0.29, 0.717) is 12.3 Å². The lowest BCUT2D eigenvalue weighted by Crippen LogP contribution is -2.41. The summed E-state index contributed by atoms with van der Waals surface area (Å²) in [5.74, 6) is 0.714. The number of fused-ring (bicyclic) bond motifs is 1. The van der Waals surface area contributed by atoms with E-state index in [-0.39, 0.29) is 5.89 Å². The molecular weight excluding hydrogens is 320 g/mol. The van der Waals surface area contributed by atoms with Crippen molar-refractivity contribution in [3.8, 4) is 0 Å². The number of hydrogen-bond donors (Lipinski definition) is 2. The van der Waals surface area contributed by atoms with E-state index in [4.69, 9.17) is 9.15 Å². The largest absolute Gasteiger partial charge is 0.436 e. The molecule has 2 N–H and O–H groups in total. The highest BCUT2D eigenvalue weighted by Gasteiger charge is 2.26. The van der Waals surface area contributed by atoms with Gasteiger partial charge in [0.2, 0.25) is 5.89 Å². The predicted molar refractivity (Wildman–Crippen MR) is 93.1 cm³/mol.